The first kappa shape index (κ1) is 15.0. The third-order valence-corrected chi connectivity index (χ3v) is 3.52. The van der Waals surface area contributed by atoms with Gasteiger partial charge in [-0.1, -0.05) is 30.3 Å². The fourth-order valence-corrected chi connectivity index (χ4v) is 2.53. The Balaban J connectivity index is 1.93. The number of nitrogens with one attached hydrogen (secondary N) is 1. The van der Waals surface area contributed by atoms with Gasteiger partial charge in [-0.2, -0.15) is 0 Å². The molecule has 2 rings (SSSR count). The molecule has 1 aliphatic heterocycles. The summed E-state index contributed by atoms with van der Waals surface area (Å²) in [6.45, 7) is 3.63. The SMILES string of the molecule is CNCC(=O)N1CCN(Cc2ccccc2)C[C@@H](O)C1. The van der Waals surface area contributed by atoms with E-state index in [0.717, 1.165) is 13.1 Å². The molecule has 0 unspecified atom stereocenters. The number of aliphatic hydroxyl groups is 1. The summed E-state index contributed by atoms with van der Waals surface area (Å²) in [7, 11) is 1.76. The van der Waals surface area contributed by atoms with Gasteiger partial charge in [-0.3, -0.25) is 9.69 Å². The molecular weight excluding hydrogens is 254 g/mol. The van der Waals surface area contributed by atoms with Crippen LogP contribution in [0.5, 0.6) is 0 Å². The minimum absolute atomic E-state index is 0.0492. The summed E-state index contributed by atoms with van der Waals surface area (Å²) in [4.78, 5) is 15.8. The molecule has 2 N–H and O–H groups in total. The van der Waals surface area contributed by atoms with Gasteiger partial charge in [-0.25, -0.2) is 0 Å². The quantitative estimate of drug-likeness (QED) is 0.808. The smallest absolute Gasteiger partial charge is 0.236 e. The number of amides is 1. The fraction of sp³-hybridized carbons (Fsp3) is 0.533. The van der Waals surface area contributed by atoms with Gasteiger partial charge < -0.3 is 15.3 Å². The number of hydrogen-bond acceptors (Lipinski definition) is 4. The summed E-state index contributed by atoms with van der Waals surface area (Å²) in [5, 5.41) is 12.9. The van der Waals surface area contributed by atoms with E-state index in [0.29, 0.717) is 26.2 Å². The van der Waals surface area contributed by atoms with E-state index in [9.17, 15) is 9.90 Å². The Labute approximate surface area is 120 Å². The predicted molar refractivity (Wildman–Crippen MR) is 78.2 cm³/mol. The molecule has 1 heterocycles. The number of nitrogens with zero attached hydrogens (tertiary/aromatic N) is 2. The Morgan fingerprint density at radius 1 is 1.30 bits per heavy atom. The maximum absolute atomic E-state index is 11.9. The molecule has 5 heteroatoms. The van der Waals surface area contributed by atoms with Gasteiger partial charge in [0.25, 0.3) is 0 Å². The van der Waals surface area contributed by atoms with E-state index < -0.39 is 6.10 Å². The lowest BCUT2D eigenvalue weighted by atomic mass is 10.2. The number of β-amino-alcohol motifs (C(OH)–C–C–N with tert-alkyl or cyclic N) is 1. The van der Waals surface area contributed by atoms with E-state index in [1.165, 1.54) is 5.56 Å². The summed E-state index contributed by atoms with van der Waals surface area (Å²) in [6.07, 6.45) is -0.484. The van der Waals surface area contributed by atoms with Crippen molar-refractivity contribution in [3.8, 4) is 0 Å². The van der Waals surface area contributed by atoms with Gasteiger partial charge in [0.1, 0.15) is 0 Å². The van der Waals surface area contributed by atoms with Crippen molar-refractivity contribution in [3.05, 3.63) is 35.9 Å². The molecule has 1 aromatic rings. The number of benzene rings is 1. The molecule has 0 spiro atoms. The number of aliphatic hydroxyl groups excluding tert-OH is 1. The lowest BCUT2D eigenvalue weighted by molar-refractivity contribution is -0.131. The van der Waals surface area contributed by atoms with Crippen molar-refractivity contribution >= 4 is 5.91 Å². The molecule has 110 valence electrons. The van der Waals surface area contributed by atoms with Crippen molar-refractivity contribution in [2.45, 2.75) is 12.6 Å². The maximum atomic E-state index is 11.9. The van der Waals surface area contributed by atoms with Crippen molar-refractivity contribution in [1.82, 2.24) is 15.1 Å². The summed E-state index contributed by atoms with van der Waals surface area (Å²) >= 11 is 0. The van der Waals surface area contributed by atoms with Gasteiger partial charge in [0.2, 0.25) is 5.91 Å². The van der Waals surface area contributed by atoms with Crippen LogP contribution in [-0.4, -0.2) is 66.7 Å². The van der Waals surface area contributed by atoms with Crippen molar-refractivity contribution in [2.24, 2.45) is 0 Å². The average molecular weight is 277 g/mol. The number of likely N-dealkylation sites (N-methyl/N-ethyl adjacent to an activating group) is 1. The second-order valence-corrected chi connectivity index (χ2v) is 5.24. The van der Waals surface area contributed by atoms with Crippen LogP contribution < -0.4 is 5.32 Å². The van der Waals surface area contributed by atoms with Crippen LogP contribution in [0.15, 0.2) is 30.3 Å². The van der Waals surface area contributed by atoms with Gasteiger partial charge >= 0.3 is 0 Å². The molecule has 1 atom stereocenters. The standard InChI is InChI=1S/C15H23N3O2/c1-16-9-15(20)18-8-7-17(11-14(19)12-18)10-13-5-3-2-4-6-13/h2-6,14,16,19H,7-12H2,1H3/t14-/m1/s1. The van der Waals surface area contributed by atoms with E-state index in [4.69, 9.17) is 0 Å². The minimum Gasteiger partial charge on any atom is -0.390 e. The highest BCUT2D eigenvalue weighted by atomic mass is 16.3. The largest absolute Gasteiger partial charge is 0.390 e. The normalized spacial score (nSPS) is 20.7. The highest BCUT2D eigenvalue weighted by Gasteiger charge is 2.23. The van der Waals surface area contributed by atoms with E-state index in [1.54, 1.807) is 11.9 Å². The topological polar surface area (TPSA) is 55.8 Å². The summed E-state index contributed by atoms with van der Waals surface area (Å²) in [5.74, 6) is 0.0492. The first-order valence-corrected chi connectivity index (χ1v) is 7.05. The monoisotopic (exact) mass is 277 g/mol. The lowest BCUT2D eigenvalue weighted by Gasteiger charge is -2.21. The van der Waals surface area contributed by atoms with Crippen LogP contribution in [0.1, 0.15) is 5.56 Å². The van der Waals surface area contributed by atoms with Gasteiger partial charge in [-0.05, 0) is 12.6 Å². The van der Waals surface area contributed by atoms with E-state index in [-0.39, 0.29) is 5.91 Å². The van der Waals surface area contributed by atoms with Crippen molar-refractivity contribution in [1.29, 1.82) is 0 Å². The van der Waals surface area contributed by atoms with E-state index in [1.807, 2.05) is 18.2 Å². The zero-order valence-electron chi connectivity index (χ0n) is 12.0. The molecule has 1 saturated heterocycles. The zero-order chi connectivity index (χ0) is 14.4. The highest BCUT2D eigenvalue weighted by molar-refractivity contribution is 5.78. The molecule has 1 aromatic carbocycles. The number of carbonyl (C=O) groups excluding carboxylic acids is 1. The van der Waals surface area contributed by atoms with Crippen molar-refractivity contribution in [2.75, 3.05) is 39.8 Å². The Bertz CT molecular complexity index is 424. The molecule has 0 aliphatic carbocycles. The lowest BCUT2D eigenvalue weighted by Crippen LogP contribution is -2.41. The molecule has 0 aromatic heterocycles. The second kappa shape index (κ2) is 7.38. The van der Waals surface area contributed by atoms with Crippen LogP contribution in [0.2, 0.25) is 0 Å². The van der Waals surface area contributed by atoms with Gasteiger partial charge in [0.05, 0.1) is 12.6 Å². The molecule has 0 radical (unpaired) electrons. The van der Waals surface area contributed by atoms with E-state index >= 15 is 0 Å². The Morgan fingerprint density at radius 2 is 2.05 bits per heavy atom. The van der Waals surface area contributed by atoms with Crippen molar-refractivity contribution in [3.63, 3.8) is 0 Å². The number of carbonyl (C=O) groups is 1. The van der Waals surface area contributed by atoms with Gasteiger partial charge in [0, 0.05) is 32.7 Å². The minimum atomic E-state index is -0.484. The predicted octanol–water partition coefficient (Wildman–Crippen LogP) is -0.0889. The Hall–Kier alpha value is -1.43. The number of rotatable bonds is 4. The zero-order valence-corrected chi connectivity index (χ0v) is 12.0. The molecular formula is C15H23N3O2. The molecule has 0 bridgehead atoms. The molecule has 0 saturated carbocycles. The first-order chi connectivity index (χ1) is 9.69. The highest BCUT2D eigenvalue weighted by Crippen LogP contribution is 2.09. The van der Waals surface area contributed by atoms with Crippen LogP contribution in [0.3, 0.4) is 0 Å². The van der Waals surface area contributed by atoms with Crippen LogP contribution in [0.25, 0.3) is 0 Å². The first-order valence-electron chi connectivity index (χ1n) is 7.05. The maximum Gasteiger partial charge on any atom is 0.236 e. The third kappa shape index (κ3) is 4.30. The van der Waals surface area contributed by atoms with Crippen LogP contribution in [-0.2, 0) is 11.3 Å². The van der Waals surface area contributed by atoms with Crippen LogP contribution in [0.4, 0.5) is 0 Å². The summed E-state index contributed by atoms with van der Waals surface area (Å²) < 4.78 is 0. The molecule has 1 amide bonds. The average Bonchev–Trinajstić information content (AvgIpc) is 2.62. The fourth-order valence-electron chi connectivity index (χ4n) is 2.53. The van der Waals surface area contributed by atoms with Crippen molar-refractivity contribution < 1.29 is 9.90 Å². The van der Waals surface area contributed by atoms with Crippen LogP contribution >= 0.6 is 0 Å². The van der Waals surface area contributed by atoms with Crippen LogP contribution in [0, 0.1) is 0 Å². The Kier molecular flexibility index (Phi) is 5.52. The molecule has 20 heavy (non-hydrogen) atoms. The number of hydrogen-bond donors (Lipinski definition) is 2. The molecule has 5 nitrogen and oxygen atoms in total. The van der Waals surface area contributed by atoms with E-state index in [2.05, 4.69) is 22.3 Å². The van der Waals surface area contributed by atoms with Gasteiger partial charge in [-0.15, -0.1) is 0 Å². The summed E-state index contributed by atoms with van der Waals surface area (Å²) in [5.41, 5.74) is 1.23. The summed E-state index contributed by atoms with van der Waals surface area (Å²) in [6, 6.07) is 10.2. The molecule has 1 fully saturated rings. The molecule has 1 aliphatic rings. The second-order valence-electron chi connectivity index (χ2n) is 5.24. The third-order valence-electron chi connectivity index (χ3n) is 3.52. The van der Waals surface area contributed by atoms with Gasteiger partial charge in [0.15, 0.2) is 0 Å². The Morgan fingerprint density at radius 3 is 2.75 bits per heavy atom.